The summed E-state index contributed by atoms with van der Waals surface area (Å²) in [5.41, 5.74) is 1.97. The second-order valence-electron chi connectivity index (χ2n) is 3.21. The molecule has 0 spiro atoms. The van der Waals surface area contributed by atoms with Crippen LogP contribution in [-0.2, 0) is 0 Å². The van der Waals surface area contributed by atoms with Crippen LogP contribution in [0.1, 0.15) is 20.8 Å². The van der Waals surface area contributed by atoms with Gasteiger partial charge in [-0.3, -0.25) is 9.89 Å². The first-order valence-electron chi connectivity index (χ1n) is 4.55. The van der Waals surface area contributed by atoms with E-state index in [1.54, 1.807) is 18.2 Å². The number of hydrogen-bond acceptors (Lipinski definition) is 3. The van der Waals surface area contributed by atoms with Gasteiger partial charge >= 0.3 is 5.97 Å². The van der Waals surface area contributed by atoms with Gasteiger partial charge in [-0.2, -0.15) is 5.10 Å². The fourth-order valence-corrected chi connectivity index (χ4v) is 1.33. The molecule has 5 heteroatoms. The zero-order valence-electron chi connectivity index (χ0n) is 8.18. The summed E-state index contributed by atoms with van der Waals surface area (Å²) in [6.07, 6.45) is 0.669. The zero-order chi connectivity index (χ0) is 11.5. The molecule has 2 aromatic rings. The smallest absolute Gasteiger partial charge is 0.335 e. The van der Waals surface area contributed by atoms with Crippen LogP contribution >= 0.6 is 0 Å². The molecule has 2 N–H and O–H groups in total. The topological polar surface area (TPSA) is 83.1 Å². The lowest BCUT2D eigenvalue weighted by molar-refractivity contribution is 0.0696. The van der Waals surface area contributed by atoms with E-state index in [1.165, 1.54) is 12.1 Å². The Morgan fingerprint density at radius 2 is 2.00 bits per heavy atom. The highest BCUT2D eigenvalue weighted by Gasteiger charge is 2.05. The molecule has 0 radical (unpaired) electrons. The summed E-state index contributed by atoms with van der Waals surface area (Å²) in [5.74, 6) is -0.970. The Labute approximate surface area is 90.7 Å². The van der Waals surface area contributed by atoms with Gasteiger partial charge in [-0.25, -0.2) is 4.79 Å². The molecule has 0 unspecified atom stereocenters. The third-order valence-corrected chi connectivity index (χ3v) is 2.15. The largest absolute Gasteiger partial charge is 0.478 e. The molecule has 16 heavy (non-hydrogen) atoms. The highest BCUT2D eigenvalue weighted by atomic mass is 16.4. The molecule has 2 rings (SSSR count). The van der Waals surface area contributed by atoms with Gasteiger partial charge in [0.2, 0.25) is 0 Å². The van der Waals surface area contributed by atoms with Crippen LogP contribution < -0.4 is 0 Å². The number of carboxylic acids is 1. The molecule has 1 heterocycles. The molecule has 0 saturated carbocycles. The summed E-state index contributed by atoms with van der Waals surface area (Å²) in [6.45, 7) is 0. The van der Waals surface area contributed by atoms with Crippen molar-refractivity contribution in [3.8, 4) is 11.3 Å². The molecule has 0 aliphatic heterocycles. The Balaban J connectivity index is 2.34. The number of rotatable bonds is 3. The fraction of sp³-hybridized carbons (Fsp3) is 0. The van der Waals surface area contributed by atoms with Crippen LogP contribution in [0.3, 0.4) is 0 Å². The molecule has 0 bridgehead atoms. The van der Waals surface area contributed by atoms with Crippen molar-refractivity contribution in [2.24, 2.45) is 0 Å². The number of aldehydes is 1. The third kappa shape index (κ3) is 1.83. The lowest BCUT2D eigenvalue weighted by atomic mass is 10.1. The van der Waals surface area contributed by atoms with Crippen molar-refractivity contribution < 1.29 is 14.7 Å². The fourth-order valence-electron chi connectivity index (χ4n) is 1.33. The van der Waals surface area contributed by atoms with Crippen molar-refractivity contribution >= 4 is 12.3 Å². The van der Waals surface area contributed by atoms with Gasteiger partial charge in [0, 0.05) is 5.56 Å². The average molecular weight is 216 g/mol. The van der Waals surface area contributed by atoms with E-state index in [9.17, 15) is 9.59 Å². The van der Waals surface area contributed by atoms with Crippen LogP contribution in [0.5, 0.6) is 0 Å². The molecule has 80 valence electrons. The number of hydrogen-bond donors (Lipinski definition) is 2. The molecule has 0 amide bonds. The van der Waals surface area contributed by atoms with E-state index in [1.807, 2.05) is 0 Å². The number of carbonyl (C=O) groups excluding carboxylic acids is 1. The molecule has 5 nitrogen and oxygen atoms in total. The third-order valence-electron chi connectivity index (χ3n) is 2.15. The van der Waals surface area contributed by atoms with Crippen molar-refractivity contribution in [1.82, 2.24) is 10.2 Å². The van der Waals surface area contributed by atoms with Crippen molar-refractivity contribution in [2.45, 2.75) is 0 Å². The van der Waals surface area contributed by atoms with Crippen molar-refractivity contribution in [3.63, 3.8) is 0 Å². The molecule has 0 aliphatic carbocycles. The van der Waals surface area contributed by atoms with E-state index in [2.05, 4.69) is 10.2 Å². The molecule has 0 saturated heterocycles. The second kappa shape index (κ2) is 3.98. The van der Waals surface area contributed by atoms with Gasteiger partial charge in [-0.1, -0.05) is 12.1 Å². The molecule has 0 fully saturated rings. The minimum Gasteiger partial charge on any atom is -0.478 e. The van der Waals surface area contributed by atoms with E-state index < -0.39 is 5.97 Å². The van der Waals surface area contributed by atoms with E-state index in [-0.39, 0.29) is 5.56 Å². The highest BCUT2D eigenvalue weighted by molar-refractivity contribution is 5.88. The Bertz CT molecular complexity index is 528. The summed E-state index contributed by atoms with van der Waals surface area (Å²) < 4.78 is 0. The van der Waals surface area contributed by atoms with Gasteiger partial charge in [-0.15, -0.1) is 0 Å². The van der Waals surface area contributed by atoms with Gasteiger partial charge < -0.3 is 5.11 Å². The quantitative estimate of drug-likeness (QED) is 0.763. The summed E-state index contributed by atoms with van der Waals surface area (Å²) in [7, 11) is 0. The van der Waals surface area contributed by atoms with Gasteiger partial charge in [0.25, 0.3) is 0 Å². The number of benzene rings is 1. The van der Waals surface area contributed by atoms with Gasteiger partial charge in [0.05, 0.1) is 17.0 Å². The first-order chi connectivity index (χ1) is 7.70. The first-order valence-corrected chi connectivity index (χ1v) is 4.55. The monoisotopic (exact) mass is 216 g/mol. The van der Waals surface area contributed by atoms with E-state index >= 15 is 0 Å². The number of carboxylic acid groups (broad SMARTS) is 1. The van der Waals surface area contributed by atoms with Crippen LogP contribution in [0.25, 0.3) is 11.3 Å². The Morgan fingerprint density at radius 3 is 2.50 bits per heavy atom. The molecule has 1 aromatic carbocycles. The van der Waals surface area contributed by atoms with Gasteiger partial charge in [0.15, 0.2) is 6.29 Å². The maximum Gasteiger partial charge on any atom is 0.335 e. The van der Waals surface area contributed by atoms with Crippen molar-refractivity contribution in [2.75, 3.05) is 0 Å². The van der Waals surface area contributed by atoms with E-state index in [4.69, 9.17) is 5.11 Å². The van der Waals surface area contributed by atoms with Gasteiger partial charge in [-0.05, 0) is 18.2 Å². The predicted molar refractivity (Wildman–Crippen MR) is 56.4 cm³/mol. The first kappa shape index (κ1) is 10.1. The zero-order valence-corrected chi connectivity index (χ0v) is 8.18. The van der Waals surface area contributed by atoms with E-state index in [0.29, 0.717) is 17.7 Å². The average Bonchev–Trinajstić information content (AvgIpc) is 2.77. The summed E-state index contributed by atoms with van der Waals surface area (Å²) in [6, 6.07) is 7.88. The SMILES string of the molecule is O=Cc1cc(-c2ccc(C(=O)O)cc2)n[nH]1. The van der Waals surface area contributed by atoms with Crippen LogP contribution in [0.15, 0.2) is 30.3 Å². The lowest BCUT2D eigenvalue weighted by Crippen LogP contribution is -1.94. The normalized spacial score (nSPS) is 10.0. The van der Waals surface area contributed by atoms with E-state index in [0.717, 1.165) is 5.56 Å². The predicted octanol–water partition coefficient (Wildman–Crippen LogP) is 1.59. The lowest BCUT2D eigenvalue weighted by Gasteiger charge is -1.97. The Hall–Kier alpha value is -2.43. The summed E-state index contributed by atoms with van der Waals surface area (Å²) in [4.78, 5) is 21.1. The molecular weight excluding hydrogens is 208 g/mol. The van der Waals surface area contributed by atoms with Crippen LogP contribution in [0.4, 0.5) is 0 Å². The standard InChI is InChI=1S/C11H8N2O3/c14-6-9-5-10(13-12-9)7-1-3-8(4-2-7)11(15)16/h1-6H,(H,12,13)(H,15,16). The minimum absolute atomic E-state index is 0.217. The Kier molecular flexibility index (Phi) is 2.51. The Morgan fingerprint density at radius 1 is 1.31 bits per heavy atom. The second-order valence-corrected chi connectivity index (χ2v) is 3.21. The maximum absolute atomic E-state index is 10.6. The summed E-state index contributed by atoms with van der Waals surface area (Å²) in [5, 5.41) is 15.2. The van der Waals surface area contributed by atoms with Gasteiger partial charge in [0.1, 0.15) is 0 Å². The summed E-state index contributed by atoms with van der Waals surface area (Å²) >= 11 is 0. The number of nitrogens with zero attached hydrogens (tertiary/aromatic N) is 1. The number of aromatic carboxylic acids is 1. The molecule has 0 aliphatic rings. The highest BCUT2D eigenvalue weighted by Crippen LogP contribution is 2.17. The van der Waals surface area contributed by atoms with Crippen LogP contribution in [0, 0.1) is 0 Å². The van der Waals surface area contributed by atoms with Crippen LogP contribution in [0.2, 0.25) is 0 Å². The molecular formula is C11H8N2O3. The van der Waals surface area contributed by atoms with Crippen LogP contribution in [-0.4, -0.2) is 27.6 Å². The number of carbonyl (C=O) groups is 2. The number of aromatic amines is 1. The number of H-pyrrole nitrogens is 1. The molecule has 0 atom stereocenters. The number of nitrogens with one attached hydrogen (secondary N) is 1. The van der Waals surface area contributed by atoms with Crippen molar-refractivity contribution in [1.29, 1.82) is 0 Å². The molecule has 1 aromatic heterocycles. The minimum atomic E-state index is -0.970. The van der Waals surface area contributed by atoms with Crippen molar-refractivity contribution in [3.05, 3.63) is 41.6 Å². The number of aromatic nitrogens is 2. The maximum atomic E-state index is 10.6.